The van der Waals surface area contributed by atoms with Gasteiger partial charge in [0.15, 0.2) is 0 Å². The maximum absolute atomic E-state index is 10.5. The molecule has 0 aromatic carbocycles. The number of rotatable bonds is 6. The normalized spacial score (nSPS) is 13.0. The van der Waals surface area contributed by atoms with Crippen LogP contribution >= 0.6 is 0 Å². The molecule has 0 aromatic rings. The maximum Gasteiger partial charge on any atom is 0.216 e. The van der Waals surface area contributed by atoms with Crippen LogP contribution in [0.2, 0.25) is 0 Å². The minimum Gasteiger partial charge on any atom is -0.390 e. The molecule has 0 aromatic heterocycles. The highest BCUT2D eigenvalue weighted by Gasteiger charge is 2.08. The summed E-state index contributed by atoms with van der Waals surface area (Å²) in [6.45, 7) is 8.35. The highest BCUT2D eigenvalue weighted by molar-refractivity contribution is 5.72. The summed E-state index contributed by atoms with van der Waals surface area (Å²) in [5.41, 5.74) is 0. The lowest BCUT2D eigenvalue weighted by molar-refractivity contribution is -0.119. The summed E-state index contributed by atoms with van der Waals surface area (Å²) in [6, 6.07) is 0. The summed E-state index contributed by atoms with van der Waals surface area (Å²) in [5, 5.41) is 12.1. The average Bonchev–Trinajstić information content (AvgIpc) is 2.10. The number of likely N-dealkylation sites (N-methyl/N-ethyl adjacent to an activating group) is 1. The molecule has 0 radical (unpaired) electrons. The van der Waals surface area contributed by atoms with Crippen LogP contribution in [0.1, 0.15) is 20.8 Å². The highest BCUT2D eigenvalue weighted by Crippen LogP contribution is 1.90. The van der Waals surface area contributed by atoms with E-state index in [-0.39, 0.29) is 5.91 Å². The molecule has 0 spiro atoms. The van der Waals surface area contributed by atoms with E-state index in [0.717, 1.165) is 13.1 Å². The van der Waals surface area contributed by atoms with Gasteiger partial charge in [0.25, 0.3) is 0 Å². The Hall–Kier alpha value is -0.610. The standard InChI is InChI=1S/C9H20N2O2/c1-4-11(5-2)7-9(13)6-10-8(3)12/h9,13H,4-7H2,1-3H3,(H,10,12). The third-order valence-electron chi connectivity index (χ3n) is 1.95. The van der Waals surface area contributed by atoms with Crippen molar-refractivity contribution in [3.05, 3.63) is 0 Å². The van der Waals surface area contributed by atoms with Crippen molar-refractivity contribution in [1.82, 2.24) is 10.2 Å². The van der Waals surface area contributed by atoms with Crippen molar-refractivity contribution in [2.45, 2.75) is 26.9 Å². The van der Waals surface area contributed by atoms with Gasteiger partial charge in [-0.3, -0.25) is 4.79 Å². The van der Waals surface area contributed by atoms with E-state index in [1.54, 1.807) is 0 Å². The average molecular weight is 188 g/mol. The SMILES string of the molecule is CCN(CC)CC(O)CNC(C)=O. The molecular formula is C9H20N2O2. The van der Waals surface area contributed by atoms with Crippen LogP contribution < -0.4 is 5.32 Å². The molecule has 78 valence electrons. The number of amides is 1. The number of hydrogen-bond acceptors (Lipinski definition) is 3. The van der Waals surface area contributed by atoms with Gasteiger partial charge in [0.1, 0.15) is 0 Å². The Bertz CT molecular complexity index is 147. The van der Waals surface area contributed by atoms with Crippen LogP contribution in [0.15, 0.2) is 0 Å². The van der Waals surface area contributed by atoms with Crippen LogP contribution in [0.3, 0.4) is 0 Å². The smallest absolute Gasteiger partial charge is 0.216 e. The van der Waals surface area contributed by atoms with Crippen molar-refractivity contribution < 1.29 is 9.90 Å². The van der Waals surface area contributed by atoms with Gasteiger partial charge in [0, 0.05) is 20.0 Å². The molecule has 0 saturated carbocycles. The number of aliphatic hydroxyl groups excluding tert-OH is 1. The molecule has 2 N–H and O–H groups in total. The summed E-state index contributed by atoms with van der Waals surface area (Å²) in [5.74, 6) is -0.0985. The van der Waals surface area contributed by atoms with E-state index in [1.165, 1.54) is 6.92 Å². The lowest BCUT2D eigenvalue weighted by Crippen LogP contribution is -2.39. The quantitative estimate of drug-likeness (QED) is 0.608. The van der Waals surface area contributed by atoms with Crippen molar-refractivity contribution in [2.24, 2.45) is 0 Å². The van der Waals surface area contributed by atoms with E-state index in [0.29, 0.717) is 13.1 Å². The third-order valence-corrected chi connectivity index (χ3v) is 1.95. The molecule has 4 heteroatoms. The fraction of sp³-hybridized carbons (Fsp3) is 0.889. The molecule has 13 heavy (non-hydrogen) atoms. The van der Waals surface area contributed by atoms with Crippen LogP contribution in [0.5, 0.6) is 0 Å². The molecule has 1 amide bonds. The van der Waals surface area contributed by atoms with Crippen LogP contribution in [0, 0.1) is 0 Å². The molecule has 0 aliphatic heterocycles. The minimum atomic E-state index is -0.469. The fourth-order valence-corrected chi connectivity index (χ4v) is 1.11. The van der Waals surface area contributed by atoms with Crippen molar-refractivity contribution >= 4 is 5.91 Å². The molecule has 0 aliphatic carbocycles. The van der Waals surface area contributed by atoms with Crippen LogP contribution in [-0.2, 0) is 4.79 Å². The van der Waals surface area contributed by atoms with Gasteiger partial charge in [-0.15, -0.1) is 0 Å². The molecule has 0 saturated heterocycles. The number of aliphatic hydroxyl groups is 1. The Morgan fingerprint density at radius 2 is 2.00 bits per heavy atom. The highest BCUT2D eigenvalue weighted by atomic mass is 16.3. The number of carbonyl (C=O) groups is 1. The largest absolute Gasteiger partial charge is 0.390 e. The predicted molar refractivity (Wildman–Crippen MR) is 52.5 cm³/mol. The Balaban J connectivity index is 3.59. The van der Waals surface area contributed by atoms with E-state index in [9.17, 15) is 9.90 Å². The molecule has 1 unspecified atom stereocenters. The second-order valence-corrected chi connectivity index (χ2v) is 3.08. The Labute approximate surface area is 79.9 Å². The van der Waals surface area contributed by atoms with Crippen molar-refractivity contribution in [3.63, 3.8) is 0 Å². The van der Waals surface area contributed by atoms with Gasteiger partial charge in [-0.25, -0.2) is 0 Å². The molecule has 0 bridgehead atoms. The lowest BCUT2D eigenvalue weighted by atomic mass is 10.3. The zero-order valence-electron chi connectivity index (χ0n) is 8.71. The van der Waals surface area contributed by atoms with E-state index in [4.69, 9.17) is 0 Å². The first-order valence-corrected chi connectivity index (χ1v) is 4.75. The Morgan fingerprint density at radius 3 is 2.38 bits per heavy atom. The number of nitrogens with one attached hydrogen (secondary N) is 1. The second kappa shape index (κ2) is 6.86. The monoisotopic (exact) mass is 188 g/mol. The number of hydrogen-bond donors (Lipinski definition) is 2. The van der Waals surface area contributed by atoms with Crippen molar-refractivity contribution in [2.75, 3.05) is 26.2 Å². The maximum atomic E-state index is 10.5. The molecule has 0 heterocycles. The molecule has 0 rings (SSSR count). The summed E-state index contributed by atoms with van der Waals surface area (Å²) >= 11 is 0. The topological polar surface area (TPSA) is 52.6 Å². The van der Waals surface area contributed by atoms with Crippen molar-refractivity contribution in [3.8, 4) is 0 Å². The van der Waals surface area contributed by atoms with Gasteiger partial charge in [0.05, 0.1) is 6.10 Å². The summed E-state index contributed by atoms with van der Waals surface area (Å²) in [7, 11) is 0. The van der Waals surface area contributed by atoms with Gasteiger partial charge in [-0.1, -0.05) is 13.8 Å². The lowest BCUT2D eigenvalue weighted by Gasteiger charge is -2.21. The van der Waals surface area contributed by atoms with E-state index >= 15 is 0 Å². The zero-order chi connectivity index (χ0) is 10.3. The van der Waals surface area contributed by atoms with Gasteiger partial charge < -0.3 is 15.3 Å². The molecule has 0 aliphatic rings. The predicted octanol–water partition coefficient (Wildman–Crippen LogP) is -0.175. The Morgan fingerprint density at radius 1 is 1.46 bits per heavy atom. The van der Waals surface area contributed by atoms with E-state index in [1.807, 2.05) is 0 Å². The molecule has 1 atom stereocenters. The minimum absolute atomic E-state index is 0.0985. The summed E-state index contributed by atoms with van der Waals surface area (Å²) in [4.78, 5) is 12.7. The molecule has 4 nitrogen and oxygen atoms in total. The number of nitrogens with zero attached hydrogens (tertiary/aromatic N) is 1. The van der Waals surface area contributed by atoms with Crippen LogP contribution in [0.4, 0.5) is 0 Å². The van der Waals surface area contributed by atoms with Gasteiger partial charge in [-0.05, 0) is 13.1 Å². The first-order valence-electron chi connectivity index (χ1n) is 4.75. The van der Waals surface area contributed by atoms with Gasteiger partial charge >= 0.3 is 0 Å². The molecule has 0 fully saturated rings. The second-order valence-electron chi connectivity index (χ2n) is 3.08. The van der Waals surface area contributed by atoms with E-state index in [2.05, 4.69) is 24.1 Å². The zero-order valence-corrected chi connectivity index (χ0v) is 8.71. The van der Waals surface area contributed by atoms with E-state index < -0.39 is 6.10 Å². The van der Waals surface area contributed by atoms with Gasteiger partial charge in [-0.2, -0.15) is 0 Å². The first kappa shape index (κ1) is 12.4. The fourth-order valence-electron chi connectivity index (χ4n) is 1.11. The summed E-state index contributed by atoms with van der Waals surface area (Å²) in [6.07, 6.45) is -0.469. The van der Waals surface area contributed by atoms with Crippen LogP contribution in [-0.4, -0.2) is 48.2 Å². The third kappa shape index (κ3) is 6.54. The Kier molecular flexibility index (Phi) is 6.54. The van der Waals surface area contributed by atoms with Gasteiger partial charge in [0.2, 0.25) is 5.91 Å². The number of carbonyl (C=O) groups excluding carboxylic acids is 1. The van der Waals surface area contributed by atoms with Crippen LogP contribution in [0.25, 0.3) is 0 Å². The summed E-state index contributed by atoms with van der Waals surface area (Å²) < 4.78 is 0. The molecular weight excluding hydrogens is 168 g/mol. The van der Waals surface area contributed by atoms with Crippen molar-refractivity contribution in [1.29, 1.82) is 0 Å². The first-order chi connectivity index (χ1) is 6.10.